The lowest BCUT2D eigenvalue weighted by Gasteiger charge is -2.18. The van der Waals surface area contributed by atoms with Gasteiger partial charge in [0.05, 0.1) is 0 Å². The van der Waals surface area contributed by atoms with E-state index in [-0.39, 0.29) is 0 Å². The average molecular weight is 292 g/mol. The normalized spacial score (nSPS) is 11.4. The summed E-state index contributed by atoms with van der Waals surface area (Å²) >= 11 is 0. The zero-order chi connectivity index (χ0) is 16.2. The average Bonchev–Trinajstić information content (AvgIpc) is 2.80. The molecule has 2 aromatic heterocycles. The fraction of sp³-hybridized carbons (Fsp3) is 0.350. The maximum absolute atomic E-state index is 4.61. The Morgan fingerprint density at radius 2 is 1.36 bits per heavy atom. The summed E-state index contributed by atoms with van der Waals surface area (Å²) in [6, 6.07) is 2.25. The highest BCUT2D eigenvalue weighted by molar-refractivity contribution is 5.96. The van der Waals surface area contributed by atoms with Crippen molar-refractivity contribution in [2.75, 3.05) is 0 Å². The summed E-state index contributed by atoms with van der Waals surface area (Å²) in [7, 11) is 2.08. The minimum Gasteiger partial charge on any atom is -0.335 e. The van der Waals surface area contributed by atoms with Crippen LogP contribution in [0.5, 0.6) is 0 Å². The van der Waals surface area contributed by atoms with E-state index >= 15 is 0 Å². The van der Waals surface area contributed by atoms with Crippen LogP contribution in [0.25, 0.3) is 22.2 Å². The highest BCUT2D eigenvalue weighted by Gasteiger charge is 2.18. The number of pyridine rings is 1. The molecule has 0 atom stereocenters. The van der Waals surface area contributed by atoms with E-state index in [1.807, 2.05) is 6.20 Å². The summed E-state index contributed by atoms with van der Waals surface area (Å²) in [5, 5.41) is 1.25. The van der Waals surface area contributed by atoms with Gasteiger partial charge < -0.3 is 4.57 Å². The number of hydrogen-bond acceptors (Lipinski definition) is 1. The lowest BCUT2D eigenvalue weighted by Crippen LogP contribution is -1.99. The first kappa shape index (κ1) is 14.8. The predicted octanol–water partition coefficient (Wildman–Crippen LogP) is 5.09. The van der Waals surface area contributed by atoms with Crippen molar-refractivity contribution in [1.82, 2.24) is 9.55 Å². The Morgan fingerprint density at radius 1 is 0.818 bits per heavy atom. The lowest BCUT2D eigenvalue weighted by atomic mass is 9.86. The Labute approximate surface area is 132 Å². The summed E-state index contributed by atoms with van der Waals surface area (Å²) in [4.78, 5) is 4.61. The topological polar surface area (TPSA) is 17.8 Å². The number of nitrogens with zero attached hydrogens (tertiary/aromatic N) is 2. The van der Waals surface area contributed by atoms with Crippen molar-refractivity contribution in [3.63, 3.8) is 0 Å². The molecule has 2 heterocycles. The molecule has 0 radical (unpaired) electrons. The minimum atomic E-state index is 1.05. The van der Waals surface area contributed by atoms with Crippen molar-refractivity contribution in [2.45, 2.75) is 41.5 Å². The summed E-state index contributed by atoms with van der Waals surface area (Å²) in [6.45, 7) is 13.3. The van der Waals surface area contributed by atoms with Crippen LogP contribution >= 0.6 is 0 Å². The Kier molecular flexibility index (Phi) is 3.36. The molecule has 114 valence electrons. The van der Waals surface area contributed by atoms with E-state index in [1.165, 1.54) is 49.9 Å². The van der Waals surface area contributed by atoms with Crippen LogP contribution in [0.4, 0.5) is 0 Å². The predicted molar refractivity (Wildman–Crippen MR) is 94.6 cm³/mol. The minimum absolute atomic E-state index is 1.05. The van der Waals surface area contributed by atoms with Crippen molar-refractivity contribution in [3.8, 4) is 11.1 Å². The van der Waals surface area contributed by atoms with Gasteiger partial charge in [-0.15, -0.1) is 0 Å². The van der Waals surface area contributed by atoms with Crippen molar-refractivity contribution >= 4 is 11.0 Å². The highest BCUT2D eigenvalue weighted by Crippen LogP contribution is 2.38. The standard InChI is InChI=1S/C20H24N2/c1-11-8-17-18(10-22(7)20(17)21-9-11)19-15(5)13(3)12(2)14(4)16(19)6/h8-10H,1-7H3. The zero-order valence-corrected chi connectivity index (χ0v) is 14.6. The van der Waals surface area contributed by atoms with Gasteiger partial charge in [0, 0.05) is 30.4 Å². The van der Waals surface area contributed by atoms with E-state index in [0.29, 0.717) is 0 Å². The van der Waals surface area contributed by atoms with Crippen LogP contribution < -0.4 is 0 Å². The first-order valence-corrected chi connectivity index (χ1v) is 7.82. The van der Waals surface area contributed by atoms with E-state index in [2.05, 4.69) is 70.4 Å². The number of rotatable bonds is 1. The molecule has 0 aliphatic carbocycles. The first-order chi connectivity index (χ1) is 10.3. The first-order valence-electron chi connectivity index (χ1n) is 7.82. The molecule has 22 heavy (non-hydrogen) atoms. The Balaban J connectivity index is 2.45. The van der Waals surface area contributed by atoms with Gasteiger partial charge in [-0.1, -0.05) is 0 Å². The SMILES string of the molecule is Cc1cnc2c(c1)c(-c1c(C)c(C)c(C)c(C)c1C)cn2C. The smallest absolute Gasteiger partial charge is 0.140 e. The van der Waals surface area contributed by atoms with Gasteiger partial charge in [0.15, 0.2) is 0 Å². The second kappa shape index (κ2) is 4.98. The van der Waals surface area contributed by atoms with Crippen LogP contribution in [0.15, 0.2) is 18.5 Å². The molecule has 0 amide bonds. The van der Waals surface area contributed by atoms with E-state index in [0.717, 1.165) is 5.65 Å². The number of aryl methyl sites for hydroxylation is 2. The molecule has 0 spiro atoms. The van der Waals surface area contributed by atoms with Gasteiger partial charge in [-0.3, -0.25) is 0 Å². The van der Waals surface area contributed by atoms with Gasteiger partial charge in [-0.05, 0) is 86.6 Å². The van der Waals surface area contributed by atoms with Gasteiger partial charge in [0.1, 0.15) is 5.65 Å². The maximum Gasteiger partial charge on any atom is 0.140 e. The summed E-state index contributed by atoms with van der Waals surface area (Å²) < 4.78 is 2.13. The molecule has 0 aliphatic heterocycles. The van der Waals surface area contributed by atoms with Crippen molar-refractivity contribution < 1.29 is 0 Å². The summed E-state index contributed by atoms with van der Waals surface area (Å²) in [5.74, 6) is 0. The molecule has 0 saturated heterocycles. The highest BCUT2D eigenvalue weighted by atomic mass is 15.0. The molecule has 3 aromatic rings. The van der Waals surface area contributed by atoms with Crippen LogP contribution in [-0.4, -0.2) is 9.55 Å². The molecule has 0 N–H and O–H groups in total. The van der Waals surface area contributed by atoms with Gasteiger partial charge >= 0.3 is 0 Å². The fourth-order valence-electron chi connectivity index (χ4n) is 3.47. The van der Waals surface area contributed by atoms with Crippen molar-refractivity contribution in [1.29, 1.82) is 0 Å². The van der Waals surface area contributed by atoms with E-state index < -0.39 is 0 Å². The Bertz CT molecular complexity index is 869. The number of aromatic nitrogens is 2. The zero-order valence-electron chi connectivity index (χ0n) is 14.6. The Morgan fingerprint density at radius 3 is 1.95 bits per heavy atom. The monoisotopic (exact) mass is 292 g/mol. The molecule has 2 nitrogen and oxygen atoms in total. The van der Waals surface area contributed by atoms with Crippen molar-refractivity contribution in [3.05, 3.63) is 51.8 Å². The van der Waals surface area contributed by atoms with Crippen LogP contribution in [0, 0.1) is 41.5 Å². The Hall–Kier alpha value is -2.09. The second-order valence-electron chi connectivity index (χ2n) is 6.54. The summed E-state index contributed by atoms with van der Waals surface area (Å²) in [5.41, 5.74) is 11.9. The van der Waals surface area contributed by atoms with Crippen molar-refractivity contribution in [2.24, 2.45) is 7.05 Å². The largest absolute Gasteiger partial charge is 0.335 e. The number of hydrogen-bond donors (Lipinski definition) is 0. The molecule has 0 saturated carbocycles. The fourth-order valence-corrected chi connectivity index (χ4v) is 3.47. The molecule has 0 fully saturated rings. The second-order valence-corrected chi connectivity index (χ2v) is 6.54. The van der Waals surface area contributed by atoms with Crippen LogP contribution in [0.1, 0.15) is 33.4 Å². The quantitative estimate of drug-likeness (QED) is 0.611. The van der Waals surface area contributed by atoms with Gasteiger partial charge in [0.2, 0.25) is 0 Å². The third kappa shape index (κ3) is 1.98. The van der Waals surface area contributed by atoms with Crippen LogP contribution in [0.2, 0.25) is 0 Å². The molecule has 0 unspecified atom stereocenters. The molecular weight excluding hydrogens is 268 g/mol. The van der Waals surface area contributed by atoms with E-state index in [1.54, 1.807) is 0 Å². The maximum atomic E-state index is 4.61. The van der Waals surface area contributed by atoms with Gasteiger partial charge in [0.25, 0.3) is 0 Å². The van der Waals surface area contributed by atoms with Crippen LogP contribution in [-0.2, 0) is 7.05 Å². The molecule has 0 bridgehead atoms. The molecule has 1 aromatic carbocycles. The van der Waals surface area contributed by atoms with Gasteiger partial charge in [-0.25, -0.2) is 4.98 Å². The molecule has 3 rings (SSSR count). The summed E-state index contributed by atoms with van der Waals surface area (Å²) in [6.07, 6.45) is 4.16. The van der Waals surface area contributed by atoms with Crippen LogP contribution in [0.3, 0.4) is 0 Å². The third-order valence-electron chi connectivity index (χ3n) is 5.22. The van der Waals surface area contributed by atoms with Gasteiger partial charge in [-0.2, -0.15) is 0 Å². The molecule has 2 heteroatoms. The third-order valence-corrected chi connectivity index (χ3v) is 5.22. The van der Waals surface area contributed by atoms with E-state index in [4.69, 9.17) is 0 Å². The number of benzene rings is 1. The molecule has 0 aliphatic rings. The number of fused-ring (bicyclic) bond motifs is 1. The molecular formula is C20H24N2. The van der Waals surface area contributed by atoms with E-state index in [9.17, 15) is 0 Å². The lowest BCUT2D eigenvalue weighted by molar-refractivity contribution is 0.948.